The van der Waals surface area contributed by atoms with E-state index in [2.05, 4.69) is 5.32 Å². The monoisotopic (exact) mass is 343 g/mol. The lowest BCUT2D eigenvalue weighted by Crippen LogP contribution is -2.30. The molecule has 0 aliphatic heterocycles. The molecule has 132 valence electrons. The van der Waals surface area contributed by atoms with Crippen molar-refractivity contribution in [2.45, 2.75) is 39.7 Å². The van der Waals surface area contributed by atoms with Crippen molar-refractivity contribution in [1.82, 2.24) is 0 Å². The highest BCUT2D eigenvalue weighted by atomic mass is 16.5. The van der Waals surface area contributed by atoms with Crippen molar-refractivity contribution >= 4 is 23.3 Å². The van der Waals surface area contributed by atoms with E-state index in [-0.39, 0.29) is 12.2 Å². The van der Waals surface area contributed by atoms with E-state index in [0.29, 0.717) is 29.2 Å². The molecule has 2 rings (SSSR count). The summed E-state index contributed by atoms with van der Waals surface area (Å²) in [5.74, 6) is 0.0928. The number of benzene rings is 1. The maximum atomic E-state index is 12.0. The fourth-order valence-corrected chi connectivity index (χ4v) is 2.32. The lowest BCUT2D eigenvalue weighted by atomic mass is 10.1. The van der Waals surface area contributed by atoms with Crippen molar-refractivity contribution in [2.75, 3.05) is 5.32 Å². The minimum absolute atomic E-state index is 0.0628. The summed E-state index contributed by atoms with van der Waals surface area (Å²) in [4.78, 5) is 35.3. The van der Waals surface area contributed by atoms with Crippen LogP contribution in [0.15, 0.2) is 40.8 Å². The Bertz CT molecular complexity index is 763. The molecule has 0 aliphatic rings. The van der Waals surface area contributed by atoms with Crippen molar-refractivity contribution in [1.29, 1.82) is 0 Å². The number of amides is 1. The number of esters is 1. The normalized spacial score (nSPS) is 11.6. The molecule has 0 bridgehead atoms. The van der Waals surface area contributed by atoms with Gasteiger partial charge in [0.2, 0.25) is 0 Å². The summed E-state index contributed by atoms with van der Waals surface area (Å²) in [6, 6.07) is 10.6. The number of furan rings is 1. The molecular weight excluding hydrogens is 322 g/mol. The van der Waals surface area contributed by atoms with Crippen LogP contribution in [0.4, 0.5) is 5.69 Å². The van der Waals surface area contributed by atoms with E-state index >= 15 is 0 Å². The first-order valence-electron chi connectivity index (χ1n) is 8.02. The molecule has 0 saturated carbocycles. The number of hydrogen-bond donors (Lipinski definition) is 1. The molecule has 0 fully saturated rings. The second-order valence-corrected chi connectivity index (χ2v) is 5.73. The number of rotatable bonds is 7. The average molecular weight is 343 g/mol. The Labute approximate surface area is 146 Å². The number of ketones is 1. The first-order chi connectivity index (χ1) is 11.9. The Kier molecular flexibility index (Phi) is 6.11. The number of carbonyl (C=O) groups excluding carboxylic acids is 3. The van der Waals surface area contributed by atoms with Crippen LogP contribution in [0.2, 0.25) is 0 Å². The molecule has 1 heterocycles. The van der Waals surface area contributed by atoms with E-state index in [1.807, 2.05) is 6.07 Å². The van der Waals surface area contributed by atoms with Crippen LogP contribution in [0.5, 0.6) is 0 Å². The molecule has 0 saturated heterocycles. The van der Waals surface area contributed by atoms with Crippen LogP contribution in [0.1, 0.15) is 42.1 Å². The van der Waals surface area contributed by atoms with Crippen LogP contribution in [0.3, 0.4) is 0 Å². The van der Waals surface area contributed by atoms with E-state index in [4.69, 9.17) is 9.15 Å². The molecule has 25 heavy (non-hydrogen) atoms. The average Bonchev–Trinajstić information content (AvgIpc) is 2.95. The summed E-state index contributed by atoms with van der Waals surface area (Å²) in [6.45, 7) is 4.68. The Hall–Kier alpha value is -2.89. The molecule has 1 N–H and O–H groups in total. The summed E-state index contributed by atoms with van der Waals surface area (Å²) in [7, 11) is 0. The number of ether oxygens (including phenoxy) is 1. The number of hydrogen-bond acceptors (Lipinski definition) is 5. The van der Waals surface area contributed by atoms with Gasteiger partial charge >= 0.3 is 5.97 Å². The molecule has 1 atom stereocenters. The van der Waals surface area contributed by atoms with Gasteiger partial charge in [-0.2, -0.15) is 0 Å². The topological polar surface area (TPSA) is 85.6 Å². The molecule has 1 amide bonds. The lowest BCUT2D eigenvalue weighted by Gasteiger charge is -2.13. The van der Waals surface area contributed by atoms with Crippen LogP contribution in [0, 0.1) is 6.92 Å². The van der Waals surface area contributed by atoms with Gasteiger partial charge in [0.25, 0.3) is 5.91 Å². The van der Waals surface area contributed by atoms with Gasteiger partial charge in [0, 0.05) is 12.1 Å². The highest BCUT2D eigenvalue weighted by molar-refractivity contribution is 5.95. The van der Waals surface area contributed by atoms with Crippen molar-refractivity contribution in [3.05, 3.63) is 53.5 Å². The minimum atomic E-state index is -0.904. The third kappa shape index (κ3) is 5.31. The van der Waals surface area contributed by atoms with Gasteiger partial charge in [-0.05, 0) is 39.0 Å². The van der Waals surface area contributed by atoms with Gasteiger partial charge in [-0.15, -0.1) is 0 Å². The number of para-hydroxylation sites is 1. The fraction of sp³-hybridized carbons (Fsp3) is 0.316. The molecule has 6 nitrogen and oxygen atoms in total. The summed E-state index contributed by atoms with van der Waals surface area (Å²) in [5, 5.41) is 2.67. The van der Waals surface area contributed by atoms with Crippen LogP contribution in [-0.2, 0) is 20.7 Å². The van der Waals surface area contributed by atoms with E-state index in [1.54, 1.807) is 37.3 Å². The first kappa shape index (κ1) is 18.4. The third-order valence-electron chi connectivity index (χ3n) is 3.64. The molecule has 0 radical (unpaired) electrons. The summed E-state index contributed by atoms with van der Waals surface area (Å²) >= 11 is 0. The predicted molar refractivity (Wildman–Crippen MR) is 92.4 cm³/mol. The summed E-state index contributed by atoms with van der Waals surface area (Å²) in [5.41, 5.74) is 1.15. The van der Waals surface area contributed by atoms with Crippen molar-refractivity contribution in [2.24, 2.45) is 0 Å². The van der Waals surface area contributed by atoms with E-state index in [9.17, 15) is 14.4 Å². The fourth-order valence-electron chi connectivity index (χ4n) is 2.32. The van der Waals surface area contributed by atoms with Crippen molar-refractivity contribution < 1.29 is 23.5 Å². The number of Topliss-reactive ketones (excluding diaryl/α,β-unsaturated/α-hetero) is 1. The zero-order valence-electron chi connectivity index (χ0n) is 14.5. The van der Waals surface area contributed by atoms with Crippen LogP contribution < -0.4 is 5.32 Å². The largest absolute Gasteiger partial charge is 0.466 e. The smallest absolute Gasteiger partial charge is 0.307 e. The second-order valence-electron chi connectivity index (χ2n) is 5.73. The molecular formula is C19H21NO5. The SMILES string of the molecule is CC(=O)c1cc(CCC(=O)OC(C)C(=O)Nc2ccccc2)oc1C. The maximum absolute atomic E-state index is 12.0. The van der Waals surface area contributed by atoms with Gasteiger partial charge in [0.1, 0.15) is 11.5 Å². The zero-order chi connectivity index (χ0) is 18.4. The Morgan fingerprint density at radius 2 is 1.88 bits per heavy atom. The number of aryl methyl sites for hydroxylation is 2. The van der Waals surface area contributed by atoms with Gasteiger partial charge in [0.15, 0.2) is 11.9 Å². The standard InChI is InChI=1S/C19H21NO5/c1-12(21)17-11-16(24-13(17)2)9-10-18(22)25-14(3)19(23)20-15-7-5-4-6-8-15/h4-8,11,14H,9-10H2,1-3H3,(H,20,23). The van der Waals surface area contributed by atoms with E-state index < -0.39 is 18.0 Å². The van der Waals surface area contributed by atoms with Gasteiger partial charge in [-0.25, -0.2) is 0 Å². The maximum Gasteiger partial charge on any atom is 0.307 e. The molecule has 0 aliphatic carbocycles. The van der Waals surface area contributed by atoms with Crippen LogP contribution in [0.25, 0.3) is 0 Å². The first-order valence-corrected chi connectivity index (χ1v) is 8.02. The molecule has 6 heteroatoms. The molecule has 0 spiro atoms. The quantitative estimate of drug-likeness (QED) is 0.616. The van der Waals surface area contributed by atoms with Crippen molar-refractivity contribution in [3.8, 4) is 0 Å². The van der Waals surface area contributed by atoms with E-state index in [0.717, 1.165) is 0 Å². The summed E-state index contributed by atoms with van der Waals surface area (Å²) in [6.07, 6.45) is -0.536. The number of anilines is 1. The Morgan fingerprint density at radius 3 is 2.48 bits per heavy atom. The predicted octanol–water partition coefficient (Wildman–Crippen LogP) is 3.29. The Morgan fingerprint density at radius 1 is 1.20 bits per heavy atom. The zero-order valence-corrected chi connectivity index (χ0v) is 14.5. The summed E-state index contributed by atoms with van der Waals surface area (Å²) < 4.78 is 10.6. The molecule has 2 aromatic rings. The number of carbonyl (C=O) groups is 3. The van der Waals surface area contributed by atoms with Gasteiger partial charge in [0.05, 0.1) is 12.0 Å². The van der Waals surface area contributed by atoms with Crippen LogP contribution >= 0.6 is 0 Å². The van der Waals surface area contributed by atoms with Gasteiger partial charge in [-0.3, -0.25) is 14.4 Å². The third-order valence-corrected chi connectivity index (χ3v) is 3.64. The highest BCUT2D eigenvalue weighted by Gasteiger charge is 2.19. The van der Waals surface area contributed by atoms with E-state index in [1.165, 1.54) is 13.8 Å². The molecule has 1 unspecified atom stereocenters. The van der Waals surface area contributed by atoms with Gasteiger partial charge in [-0.1, -0.05) is 18.2 Å². The number of nitrogens with one attached hydrogen (secondary N) is 1. The second kappa shape index (κ2) is 8.28. The Balaban J connectivity index is 1.82. The van der Waals surface area contributed by atoms with Crippen LogP contribution in [-0.4, -0.2) is 23.8 Å². The lowest BCUT2D eigenvalue weighted by molar-refractivity contribution is -0.153. The minimum Gasteiger partial charge on any atom is -0.466 e. The van der Waals surface area contributed by atoms with Crippen molar-refractivity contribution in [3.63, 3.8) is 0 Å². The molecule has 1 aromatic carbocycles. The molecule has 1 aromatic heterocycles. The highest BCUT2D eigenvalue weighted by Crippen LogP contribution is 2.17. The van der Waals surface area contributed by atoms with Gasteiger partial charge < -0.3 is 14.5 Å².